The normalized spacial score (nSPS) is 9.96. The van der Waals surface area contributed by atoms with E-state index in [1.54, 1.807) is 30.3 Å². The fourth-order valence-electron chi connectivity index (χ4n) is 2.06. The van der Waals surface area contributed by atoms with Crippen molar-refractivity contribution >= 4 is 28.9 Å². The van der Waals surface area contributed by atoms with Gasteiger partial charge in [0.25, 0.3) is 0 Å². The van der Waals surface area contributed by atoms with E-state index >= 15 is 0 Å². The summed E-state index contributed by atoms with van der Waals surface area (Å²) < 4.78 is 10.3. The van der Waals surface area contributed by atoms with Gasteiger partial charge in [0.1, 0.15) is 0 Å². The smallest absolute Gasteiger partial charge is 0.314 e. The second-order valence-corrected chi connectivity index (χ2v) is 5.07. The number of nitrogens with one attached hydrogen (secondary N) is 2. The minimum absolute atomic E-state index is 0.382. The Morgan fingerprint density at radius 1 is 0.917 bits per heavy atom. The molecule has 7 nitrogen and oxygen atoms in total. The number of rotatable bonds is 4. The Kier molecular flexibility index (Phi) is 5.26. The summed E-state index contributed by atoms with van der Waals surface area (Å²) in [6.07, 6.45) is 0. The van der Waals surface area contributed by atoms with Gasteiger partial charge in [-0.05, 0) is 36.8 Å². The molecule has 2 aromatic rings. The van der Waals surface area contributed by atoms with E-state index in [0.29, 0.717) is 28.6 Å². The van der Waals surface area contributed by atoms with E-state index in [1.165, 1.54) is 14.2 Å². The number of aryl methyl sites for hydroxylation is 1. The zero-order chi connectivity index (χ0) is 17.7. The van der Waals surface area contributed by atoms with Gasteiger partial charge in [0.2, 0.25) is 0 Å². The highest BCUT2D eigenvalue weighted by Gasteiger charge is 2.16. The molecule has 0 saturated heterocycles. The third kappa shape index (κ3) is 3.95. The Hall–Kier alpha value is -3.22. The number of carbonyl (C=O) groups is 2. The second-order valence-electron chi connectivity index (χ2n) is 5.07. The summed E-state index contributed by atoms with van der Waals surface area (Å²) in [4.78, 5) is 24.1. The molecule has 0 radical (unpaired) electrons. The molecule has 0 saturated carbocycles. The van der Waals surface area contributed by atoms with Crippen LogP contribution in [0, 0.1) is 6.92 Å². The molecule has 7 heteroatoms. The number of hydrogen-bond acceptors (Lipinski definition) is 5. The number of benzene rings is 2. The van der Waals surface area contributed by atoms with Crippen LogP contribution in [0.15, 0.2) is 36.4 Å². The Morgan fingerprint density at radius 2 is 1.58 bits per heavy atom. The maximum absolute atomic E-state index is 12.0. The number of methoxy groups -OCH3 is 2. The zero-order valence-electron chi connectivity index (χ0n) is 13.7. The fourth-order valence-corrected chi connectivity index (χ4v) is 2.06. The number of anilines is 3. The van der Waals surface area contributed by atoms with E-state index in [9.17, 15) is 9.59 Å². The lowest BCUT2D eigenvalue weighted by molar-refractivity contribution is -0.132. The van der Waals surface area contributed by atoms with Crippen molar-refractivity contribution in [2.75, 3.05) is 30.6 Å². The van der Waals surface area contributed by atoms with E-state index in [0.717, 1.165) is 5.56 Å². The van der Waals surface area contributed by atoms with Crippen LogP contribution in [0.3, 0.4) is 0 Å². The van der Waals surface area contributed by atoms with Gasteiger partial charge in [-0.25, -0.2) is 0 Å². The molecule has 4 N–H and O–H groups in total. The molecule has 0 heterocycles. The zero-order valence-corrected chi connectivity index (χ0v) is 13.7. The van der Waals surface area contributed by atoms with Crippen LogP contribution >= 0.6 is 0 Å². The van der Waals surface area contributed by atoms with Gasteiger partial charge in [0, 0.05) is 11.8 Å². The molecular formula is C17H19N3O4. The molecule has 0 aliphatic rings. The van der Waals surface area contributed by atoms with Crippen molar-refractivity contribution in [3.8, 4) is 11.5 Å². The number of amides is 2. The van der Waals surface area contributed by atoms with Gasteiger partial charge in [-0.2, -0.15) is 0 Å². The largest absolute Gasteiger partial charge is 0.493 e. The highest BCUT2D eigenvalue weighted by molar-refractivity contribution is 6.43. The first-order chi connectivity index (χ1) is 11.4. The Balaban J connectivity index is 2.09. The molecule has 0 bridgehead atoms. The number of ether oxygens (including phenoxy) is 2. The maximum Gasteiger partial charge on any atom is 0.314 e. The van der Waals surface area contributed by atoms with Crippen LogP contribution in [-0.4, -0.2) is 26.0 Å². The van der Waals surface area contributed by atoms with Crippen LogP contribution < -0.4 is 25.8 Å². The van der Waals surface area contributed by atoms with Gasteiger partial charge >= 0.3 is 11.8 Å². The third-order valence-electron chi connectivity index (χ3n) is 3.30. The van der Waals surface area contributed by atoms with Crippen LogP contribution in [-0.2, 0) is 9.59 Å². The van der Waals surface area contributed by atoms with Crippen molar-refractivity contribution in [3.63, 3.8) is 0 Å². The Labute approximate surface area is 139 Å². The molecule has 2 rings (SSSR count). The fraction of sp³-hybridized carbons (Fsp3) is 0.176. The molecule has 0 aliphatic heterocycles. The minimum atomic E-state index is -0.818. The number of nitrogen functional groups attached to an aromatic ring is 1. The Bertz CT molecular complexity index is 774. The summed E-state index contributed by atoms with van der Waals surface area (Å²) in [6, 6.07) is 9.96. The van der Waals surface area contributed by atoms with Gasteiger partial charge in [-0.3, -0.25) is 9.59 Å². The summed E-state index contributed by atoms with van der Waals surface area (Å²) in [7, 11) is 2.99. The molecule has 0 aromatic heterocycles. The van der Waals surface area contributed by atoms with Crippen LogP contribution in [0.4, 0.5) is 17.1 Å². The monoisotopic (exact) mass is 329 g/mol. The molecule has 2 aromatic carbocycles. The number of carbonyl (C=O) groups excluding carboxylic acids is 2. The van der Waals surface area contributed by atoms with Gasteiger partial charge in [0.05, 0.1) is 25.6 Å². The SMILES string of the molecule is COc1ccc(NC(=O)C(=O)Nc2cc(C)ccc2N)cc1OC. The van der Waals surface area contributed by atoms with E-state index in [1.807, 2.05) is 13.0 Å². The second kappa shape index (κ2) is 7.36. The van der Waals surface area contributed by atoms with Gasteiger partial charge < -0.3 is 25.8 Å². The molecule has 0 atom stereocenters. The molecular weight excluding hydrogens is 310 g/mol. The maximum atomic E-state index is 12.0. The molecule has 0 spiro atoms. The first kappa shape index (κ1) is 17.1. The lowest BCUT2D eigenvalue weighted by atomic mass is 10.2. The summed E-state index contributed by atoms with van der Waals surface area (Å²) in [5, 5.41) is 4.98. The summed E-state index contributed by atoms with van der Waals surface area (Å²) in [5.41, 5.74) is 7.88. The summed E-state index contributed by atoms with van der Waals surface area (Å²) in [6.45, 7) is 1.86. The molecule has 0 aliphatic carbocycles. The lowest BCUT2D eigenvalue weighted by Crippen LogP contribution is -2.29. The van der Waals surface area contributed by atoms with E-state index in [-0.39, 0.29) is 0 Å². The lowest BCUT2D eigenvalue weighted by Gasteiger charge is -2.11. The minimum Gasteiger partial charge on any atom is -0.493 e. The van der Waals surface area contributed by atoms with E-state index in [2.05, 4.69) is 10.6 Å². The molecule has 0 fully saturated rings. The predicted octanol–water partition coefficient (Wildman–Crippen LogP) is 2.17. The Morgan fingerprint density at radius 3 is 2.25 bits per heavy atom. The van der Waals surface area contributed by atoms with E-state index < -0.39 is 11.8 Å². The molecule has 24 heavy (non-hydrogen) atoms. The molecule has 126 valence electrons. The first-order valence-corrected chi connectivity index (χ1v) is 7.15. The van der Waals surface area contributed by atoms with Crippen molar-refractivity contribution in [3.05, 3.63) is 42.0 Å². The molecule has 2 amide bonds. The average molecular weight is 329 g/mol. The average Bonchev–Trinajstić information content (AvgIpc) is 2.57. The number of nitrogens with two attached hydrogens (primary N) is 1. The number of hydrogen-bond donors (Lipinski definition) is 3. The van der Waals surface area contributed by atoms with Crippen molar-refractivity contribution in [2.24, 2.45) is 0 Å². The van der Waals surface area contributed by atoms with Crippen molar-refractivity contribution in [1.82, 2.24) is 0 Å². The van der Waals surface area contributed by atoms with Crippen molar-refractivity contribution < 1.29 is 19.1 Å². The van der Waals surface area contributed by atoms with Crippen LogP contribution in [0.1, 0.15) is 5.56 Å². The first-order valence-electron chi connectivity index (χ1n) is 7.15. The van der Waals surface area contributed by atoms with Crippen LogP contribution in [0.5, 0.6) is 11.5 Å². The van der Waals surface area contributed by atoms with Gasteiger partial charge in [0.15, 0.2) is 11.5 Å². The van der Waals surface area contributed by atoms with Crippen LogP contribution in [0.2, 0.25) is 0 Å². The third-order valence-corrected chi connectivity index (χ3v) is 3.30. The topological polar surface area (TPSA) is 103 Å². The standard InChI is InChI=1S/C17H19N3O4/c1-10-4-6-12(18)13(8-10)20-17(22)16(21)19-11-5-7-14(23-2)15(9-11)24-3/h4-9H,18H2,1-3H3,(H,19,21)(H,20,22). The van der Waals surface area contributed by atoms with Crippen molar-refractivity contribution in [1.29, 1.82) is 0 Å². The van der Waals surface area contributed by atoms with E-state index in [4.69, 9.17) is 15.2 Å². The predicted molar refractivity (Wildman–Crippen MR) is 92.4 cm³/mol. The quantitative estimate of drug-likeness (QED) is 0.589. The van der Waals surface area contributed by atoms with Crippen LogP contribution in [0.25, 0.3) is 0 Å². The molecule has 0 unspecified atom stereocenters. The van der Waals surface area contributed by atoms with Crippen molar-refractivity contribution in [2.45, 2.75) is 6.92 Å². The highest BCUT2D eigenvalue weighted by Crippen LogP contribution is 2.29. The van der Waals surface area contributed by atoms with Gasteiger partial charge in [-0.1, -0.05) is 6.07 Å². The summed E-state index contributed by atoms with van der Waals surface area (Å²) >= 11 is 0. The van der Waals surface area contributed by atoms with Gasteiger partial charge in [-0.15, -0.1) is 0 Å². The summed E-state index contributed by atoms with van der Waals surface area (Å²) in [5.74, 6) is -0.670. The highest BCUT2D eigenvalue weighted by atomic mass is 16.5.